The van der Waals surface area contributed by atoms with Gasteiger partial charge in [-0.3, -0.25) is 4.79 Å². The lowest BCUT2D eigenvalue weighted by molar-refractivity contribution is 0.0942. The van der Waals surface area contributed by atoms with Crippen molar-refractivity contribution in [3.8, 4) is 0 Å². The molecule has 0 atom stereocenters. The second kappa shape index (κ2) is 4.93. The highest BCUT2D eigenvalue weighted by atomic mass is 32.1. The molecule has 0 fully saturated rings. The number of hydrogen-bond donors (Lipinski definition) is 2. The van der Waals surface area contributed by atoms with Gasteiger partial charge in [0.05, 0.1) is 12.2 Å². The summed E-state index contributed by atoms with van der Waals surface area (Å²) in [4.78, 5) is 29.8. The van der Waals surface area contributed by atoms with E-state index in [0.29, 0.717) is 24.5 Å². The van der Waals surface area contributed by atoms with Crippen molar-refractivity contribution in [3.05, 3.63) is 15.6 Å². The van der Waals surface area contributed by atoms with Crippen LogP contribution in [0.25, 0.3) is 0 Å². The first kappa shape index (κ1) is 12.8. The molecule has 0 saturated carbocycles. The maximum atomic E-state index is 11.8. The molecule has 1 aromatic rings. The van der Waals surface area contributed by atoms with E-state index in [0.717, 1.165) is 10.6 Å². The molecule has 0 spiro atoms. The van der Waals surface area contributed by atoms with E-state index in [-0.39, 0.29) is 11.9 Å². The van der Waals surface area contributed by atoms with Crippen molar-refractivity contribution in [2.45, 2.75) is 32.9 Å². The quantitative estimate of drug-likeness (QED) is 0.828. The summed E-state index contributed by atoms with van der Waals surface area (Å²) in [6, 6.07) is -0.345. The van der Waals surface area contributed by atoms with Gasteiger partial charge in [0.15, 0.2) is 5.01 Å². The molecular weight excluding hydrogens is 252 g/mol. The SMILES string of the molecule is CC(C)NC(=O)c1nc2c(s1)CN(C(N)=O)CC2. The number of nitrogens with two attached hydrogens (primary N) is 1. The average Bonchev–Trinajstić information content (AvgIpc) is 2.70. The molecule has 1 aliphatic heterocycles. The van der Waals surface area contributed by atoms with Crippen molar-refractivity contribution in [2.75, 3.05) is 6.54 Å². The zero-order valence-electron chi connectivity index (χ0n) is 10.4. The number of primary amides is 1. The van der Waals surface area contributed by atoms with E-state index < -0.39 is 6.03 Å². The Bertz CT molecular complexity index is 483. The number of thiazole rings is 1. The molecule has 2 heterocycles. The van der Waals surface area contributed by atoms with Crippen molar-refractivity contribution >= 4 is 23.3 Å². The molecule has 0 radical (unpaired) electrons. The number of amides is 3. The topological polar surface area (TPSA) is 88.3 Å². The summed E-state index contributed by atoms with van der Waals surface area (Å²) in [7, 11) is 0. The lowest BCUT2D eigenvalue weighted by atomic mass is 10.2. The number of carbonyl (C=O) groups is 2. The Labute approximate surface area is 109 Å². The van der Waals surface area contributed by atoms with Crippen LogP contribution in [0.4, 0.5) is 4.79 Å². The number of hydrogen-bond acceptors (Lipinski definition) is 4. The molecule has 3 amide bonds. The van der Waals surface area contributed by atoms with Gasteiger partial charge in [0.1, 0.15) is 0 Å². The van der Waals surface area contributed by atoms with E-state index in [2.05, 4.69) is 10.3 Å². The van der Waals surface area contributed by atoms with Gasteiger partial charge in [0.25, 0.3) is 5.91 Å². The predicted octanol–water partition coefficient (Wildman–Crippen LogP) is 0.718. The Morgan fingerprint density at radius 2 is 2.22 bits per heavy atom. The Morgan fingerprint density at radius 3 is 2.83 bits per heavy atom. The van der Waals surface area contributed by atoms with E-state index in [1.54, 1.807) is 4.90 Å². The summed E-state index contributed by atoms with van der Waals surface area (Å²) in [5.74, 6) is -0.157. The van der Waals surface area contributed by atoms with Crippen LogP contribution in [0.1, 0.15) is 34.2 Å². The van der Waals surface area contributed by atoms with Crippen LogP contribution in [0.2, 0.25) is 0 Å². The summed E-state index contributed by atoms with van der Waals surface area (Å²) in [5, 5.41) is 3.26. The van der Waals surface area contributed by atoms with Crippen LogP contribution in [0.15, 0.2) is 0 Å². The summed E-state index contributed by atoms with van der Waals surface area (Å²) in [6.07, 6.45) is 0.656. The van der Waals surface area contributed by atoms with Crippen LogP contribution in [0.3, 0.4) is 0 Å². The van der Waals surface area contributed by atoms with Gasteiger partial charge in [-0.1, -0.05) is 0 Å². The molecule has 0 aliphatic carbocycles. The number of carbonyl (C=O) groups excluding carboxylic acids is 2. The third-order valence-corrected chi connectivity index (χ3v) is 3.74. The maximum absolute atomic E-state index is 11.8. The third-order valence-electron chi connectivity index (χ3n) is 2.66. The Balaban J connectivity index is 2.15. The third kappa shape index (κ3) is 2.61. The normalized spacial score (nSPS) is 14.5. The van der Waals surface area contributed by atoms with Crippen molar-refractivity contribution in [1.29, 1.82) is 0 Å². The zero-order valence-corrected chi connectivity index (χ0v) is 11.2. The molecule has 18 heavy (non-hydrogen) atoms. The van der Waals surface area contributed by atoms with E-state index in [1.165, 1.54) is 11.3 Å². The molecule has 2 rings (SSSR count). The standard InChI is InChI=1S/C11H16N4O2S/c1-6(2)13-9(16)10-14-7-3-4-15(11(12)17)5-8(7)18-10/h6H,3-5H2,1-2H3,(H2,12,17)(H,13,16). The molecule has 0 saturated heterocycles. The van der Waals surface area contributed by atoms with Gasteiger partial charge in [-0.25, -0.2) is 9.78 Å². The summed E-state index contributed by atoms with van der Waals surface area (Å²) >= 11 is 1.33. The van der Waals surface area contributed by atoms with Gasteiger partial charge in [0, 0.05) is 23.9 Å². The number of rotatable bonds is 2. The van der Waals surface area contributed by atoms with Gasteiger partial charge in [-0.15, -0.1) is 11.3 Å². The van der Waals surface area contributed by atoms with Crippen LogP contribution in [-0.4, -0.2) is 34.4 Å². The number of nitrogens with one attached hydrogen (secondary N) is 1. The van der Waals surface area contributed by atoms with Gasteiger partial charge >= 0.3 is 6.03 Å². The minimum atomic E-state index is -0.428. The van der Waals surface area contributed by atoms with E-state index in [4.69, 9.17) is 5.73 Å². The van der Waals surface area contributed by atoms with E-state index in [9.17, 15) is 9.59 Å². The van der Waals surface area contributed by atoms with Crippen molar-refractivity contribution in [2.24, 2.45) is 5.73 Å². The summed E-state index contributed by atoms with van der Waals surface area (Å²) in [5.41, 5.74) is 6.16. The number of fused-ring (bicyclic) bond motifs is 1. The van der Waals surface area contributed by atoms with Crippen LogP contribution >= 0.6 is 11.3 Å². The molecule has 1 aromatic heterocycles. The minimum absolute atomic E-state index is 0.0838. The van der Waals surface area contributed by atoms with Gasteiger partial charge < -0.3 is 16.0 Å². The van der Waals surface area contributed by atoms with Gasteiger partial charge in [0.2, 0.25) is 0 Å². The maximum Gasteiger partial charge on any atom is 0.315 e. The molecule has 7 heteroatoms. The van der Waals surface area contributed by atoms with Gasteiger partial charge in [-0.05, 0) is 13.8 Å². The number of nitrogens with zero attached hydrogens (tertiary/aromatic N) is 2. The van der Waals surface area contributed by atoms with Crippen LogP contribution in [0, 0.1) is 0 Å². The van der Waals surface area contributed by atoms with Crippen molar-refractivity contribution < 1.29 is 9.59 Å². The highest BCUT2D eigenvalue weighted by molar-refractivity contribution is 7.13. The van der Waals surface area contributed by atoms with Crippen molar-refractivity contribution in [1.82, 2.24) is 15.2 Å². The monoisotopic (exact) mass is 268 g/mol. The largest absolute Gasteiger partial charge is 0.351 e. The summed E-state index contributed by atoms with van der Waals surface area (Å²) in [6.45, 7) is 4.83. The highest BCUT2D eigenvalue weighted by Gasteiger charge is 2.24. The highest BCUT2D eigenvalue weighted by Crippen LogP contribution is 2.25. The Kier molecular flexibility index (Phi) is 3.51. The van der Waals surface area contributed by atoms with Gasteiger partial charge in [-0.2, -0.15) is 0 Å². The van der Waals surface area contributed by atoms with Crippen LogP contribution in [-0.2, 0) is 13.0 Å². The first-order valence-electron chi connectivity index (χ1n) is 5.81. The Hall–Kier alpha value is -1.63. The van der Waals surface area contributed by atoms with E-state index >= 15 is 0 Å². The second-order valence-corrected chi connectivity index (χ2v) is 5.61. The first-order valence-corrected chi connectivity index (χ1v) is 6.63. The van der Waals surface area contributed by atoms with E-state index in [1.807, 2.05) is 13.8 Å². The number of urea groups is 1. The fourth-order valence-electron chi connectivity index (χ4n) is 1.80. The Morgan fingerprint density at radius 1 is 1.50 bits per heavy atom. The molecule has 3 N–H and O–H groups in total. The second-order valence-electron chi connectivity index (χ2n) is 4.53. The lowest BCUT2D eigenvalue weighted by Crippen LogP contribution is -2.39. The van der Waals surface area contributed by atoms with Crippen LogP contribution in [0.5, 0.6) is 0 Å². The predicted molar refractivity (Wildman–Crippen MR) is 68.4 cm³/mol. The molecule has 6 nitrogen and oxygen atoms in total. The minimum Gasteiger partial charge on any atom is -0.351 e. The zero-order chi connectivity index (χ0) is 13.3. The molecule has 98 valence electrons. The molecule has 0 aromatic carbocycles. The molecular formula is C11H16N4O2S. The average molecular weight is 268 g/mol. The smallest absolute Gasteiger partial charge is 0.315 e. The fraction of sp³-hybridized carbons (Fsp3) is 0.545. The van der Waals surface area contributed by atoms with Crippen molar-refractivity contribution in [3.63, 3.8) is 0 Å². The lowest BCUT2D eigenvalue weighted by Gasteiger charge is -2.23. The molecule has 0 unspecified atom stereocenters. The first-order chi connectivity index (χ1) is 8.47. The van der Waals surface area contributed by atoms with Crippen LogP contribution < -0.4 is 11.1 Å². The number of aromatic nitrogens is 1. The summed E-state index contributed by atoms with van der Waals surface area (Å²) < 4.78 is 0. The molecule has 0 bridgehead atoms. The fourth-order valence-corrected chi connectivity index (χ4v) is 2.83. The molecule has 1 aliphatic rings.